The van der Waals surface area contributed by atoms with Crippen molar-refractivity contribution in [1.82, 2.24) is 19.9 Å². The number of hydrogen-bond donors (Lipinski definition) is 6. The lowest BCUT2D eigenvalue weighted by Crippen LogP contribution is -2.10. The Labute approximate surface area is 161 Å². The molecule has 0 atom stereocenters. The van der Waals surface area contributed by atoms with Crippen molar-refractivity contribution in [1.29, 1.82) is 10.8 Å². The Morgan fingerprint density at radius 3 is 1.57 bits per heavy atom. The van der Waals surface area contributed by atoms with Crippen molar-refractivity contribution in [3.63, 3.8) is 0 Å². The second-order valence-electron chi connectivity index (χ2n) is 6.87. The molecule has 0 spiro atoms. The SMILES string of the molecule is N=C(N)c1ccc2nc(CCCCc3nc4ccc(C(=N)N)cc4[nH]3)[nH]c2c1. The summed E-state index contributed by atoms with van der Waals surface area (Å²) in [6.07, 6.45) is 3.65. The van der Waals surface area contributed by atoms with Crippen molar-refractivity contribution in [2.24, 2.45) is 11.5 Å². The van der Waals surface area contributed by atoms with Gasteiger partial charge in [0.1, 0.15) is 23.3 Å². The Bertz CT molecular complexity index is 1090. The largest absolute Gasteiger partial charge is 0.384 e. The zero-order chi connectivity index (χ0) is 19.7. The maximum Gasteiger partial charge on any atom is 0.122 e. The molecular formula is C20H22N8. The average Bonchev–Trinajstić information content (AvgIpc) is 3.26. The predicted octanol–water partition coefficient (Wildman–Crippen LogP) is 2.57. The van der Waals surface area contributed by atoms with E-state index in [0.717, 1.165) is 59.4 Å². The first-order valence-corrected chi connectivity index (χ1v) is 9.15. The molecule has 8 N–H and O–H groups in total. The number of aromatic amines is 2. The number of nitrogens with two attached hydrogens (primary N) is 2. The molecule has 0 aliphatic rings. The molecule has 0 saturated heterocycles. The number of amidine groups is 2. The van der Waals surface area contributed by atoms with E-state index in [9.17, 15) is 0 Å². The van der Waals surface area contributed by atoms with Crippen molar-refractivity contribution < 1.29 is 0 Å². The maximum absolute atomic E-state index is 7.53. The van der Waals surface area contributed by atoms with Crippen LogP contribution < -0.4 is 11.5 Å². The van der Waals surface area contributed by atoms with Crippen LogP contribution in [0.15, 0.2) is 36.4 Å². The summed E-state index contributed by atoms with van der Waals surface area (Å²) in [6, 6.07) is 11.1. The molecule has 0 aliphatic heterocycles. The summed E-state index contributed by atoms with van der Waals surface area (Å²) in [5.74, 6) is 1.98. The van der Waals surface area contributed by atoms with E-state index in [1.807, 2.05) is 36.4 Å². The third-order valence-electron chi connectivity index (χ3n) is 4.76. The molecule has 0 fully saturated rings. The molecule has 0 unspecified atom stereocenters. The van der Waals surface area contributed by atoms with Gasteiger partial charge in [-0.3, -0.25) is 10.8 Å². The summed E-state index contributed by atoms with van der Waals surface area (Å²) in [6.45, 7) is 0. The molecule has 2 heterocycles. The summed E-state index contributed by atoms with van der Waals surface area (Å²) < 4.78 is 0. The van der Waals surface area contributed by atoms with Crippen LogP contribution in [0.25, 0.3) is 22.1 Å². The minimum atomic E-state index is 0.0549. The number of nitrogen functional groups attached to an aromatic ring is 2. The monoisotopic (exact) mass is 374 g/mol. The Morgan fingerprint density at radius 2 is 1.18 bits per heavy atom. The number of imidazole rings is 2. The molecule has 2 aromatic heterocycles. The van der Waals surface area contributed by atoms with Crippen LogP contribution in [-0.2, 0) is 12.8 Å². The molecule has 0 radical (unpaired) electrons. The lowest BCUT2D eigenvalue weighted by Gasteiger charge is -1.97. The van der Waals surface area contributed by atoms with E-state index in [1.54, 1.807) is 0 Å². The zero-order valence-electron chi connectivity index (χ0n) is 15.3. The second kappa shape index (κ2) is 7.15. The average molecular weight is 374 g/mol. The minimum Gasteiger partial charge on any atom is -0.384 e. The first-order valence-electron chi connectivity index (χ1n) is 9.15. The van der Waals surface area contributed by atoms with E-state index in [1.165, 1.54) is 0 Å². The van der Waals surface area contributed by atoms with E-state index in [-0.39, 0.29) is 11.7 Å². The molecule has 0 saturated carbocycles. The normalized spacial score (nSPS) is 11.3. The van der Waals surface area contributed by atoms with Gasteiger partial charge in [-0.05, 0) is 49.2 Å². The second-order valence-corrected chi connectivity index (χ2v) is 6.87. The van der Waals surface area contributed by atoms with Crippen LogP contribution in [0.1, 0.15) is 35.6 Å². The number of nitrogens with zero attached hydrogens (tertiary/aromatic N) is 2. The van der Waals surface area contributed by atoms with Crippen molar-refractivity contribution in [2.45, 2.75) is 25.7 Å². The fourth-order valence-electron chi connectivity index (χ4n) is 3.28. The van der Waals surface area contributed by atoms with Crippen LogP contribution in [0.2, 0.25) is 0 Å². The molecule has 0 amide bonds. The maximum atomic E-state index is 7.53. The van der Waals surface area contributed by atoms with Gasteiger partial charge in [0.15, 0.2) is 0 Å². The topological polar surface area (TPSA) is 157 Å². The lowest BCUT2D eigenvalue weighted by atomic mass is 10.2. The van der Waals surface area contributed by atoms with Gasteiger partial charge in [-0.15, -0.1) is 0 Å². The van der Waals surface area contributed by atoms with E-state index in [2.05, 4.69) is 19.9 Å². The number of benzene rings is 2. The number of H-pyrrole nitrogens is 2. The molecule has 28 heavy (non-hydrogen) atoms. The van der Waals surface area contributed by atoms with Crippen LogP contribution >= 0.6 is 0 Å². The number of aromatic nitrogens is 4. The summed E-state index contributed by atoms with van der Waals surface area (Å²) in [5, 5.41) is 15.1. The summed E-state index contributed by atoms with van der Waals surface area (Å²) >= 11 is 0. The van der Waals surface area contributed by atoms with Crippen LogP contribution in [0.4, 0.5) is 0 Å². The molecule has 0 bridgehead atoms. The fraction of sp³-hybridized carbons (Fsp3) is 0.200. The highest BCUT2D eigenvalue weighted by molar-refractivity contribution is 5.98. The van der Waals surface area contributed by atoms with Gasteiger partial charge in [0.05, 0.1) is 22.1 Å². The Hall–Kier alpha value is -3.68. The standard InChI is InChI=1S/C20H22N8/c21-19(22)11-5-7-13-15(9-11)27-17(25-13)3-1-2-4-18-26-14-8-6-12(20(23)24)10-16(14)28-18/h5-10H,1-4H2,(H3,21,22)(H3,23,24)(H,25,27)(H,26,28). The third kappa shape index (κ3) is 3.57. The van der Waals surface area contributed by atoms with Gasteiger partial charge in [-0.1, -0.05) is 0 Å². The highest BCUT2D eigenvalue weighted by Gasteiger charge is 2.07. The fourth-order valence-corrected chi connectivity index (χ4v) is 3.28. The highest BCUT2D eigenvalue weighted by atomic mass is 14.9. The van der Waals surface area contributed by atoms with Crippen LogP contribution in [0.3, 0.4) is 0 Å². The van der Waals surface area contributed by atoms with Gasteiger partial charge < -0.3 is 21.4 Å². The van der Waals surface area contributed by atoms with Gasteiger partial charge in [-0.2, -0.15) is 0 Å². The van der Waals surface area contributed by atoms with Gasteiger partial charge >= 0.3 is 0 Å². The first-order chi connectivity index (χ1) is 13.5. The predicted molar refractivity (Wildman–Crippen MR) is 111 cm³/mol. The molecule has 2 aromatic carbocycles. The van der Waals surface area contributed by atoms with Crippen molar-refractivity contribution in [3.8, 4) is 0 Å². The quantitative estimate of drug-likeness (QED) is 0.167. The molecule has 142 valence electrons. The number of rotatable bonds is 7. The number of unbranched alkanes of at least 4 members (excludes halogenated alkanes) is 1. The third-order valence-corrected chi connectivity index (χ3v) is 4.76. The van der Waals surface area contributed by atoms with Crippen LogP contribution in [-0.4, -0.2) is 31.6 Å². The number of nitrogens with one attached hydrogen (secondary N) is 4. The van der Waals surface area contributed by atoms with Crippen LogP contribution in [0, 0.1) is 10.8 Å². The minimum absolute atomic E-state index is 0.0549. The van der Waals surface area contributed by atoms with Crippen molar-refractivity contribution in [2.75, 3.05) is 0 Å². The van der Waals surface area contributed by atoms with Crippen LogP contribution in [0.5, 0.6) is 0 Å². The van der Waals surface area contributed by atoms with Crippen molar-refractivity contribution in [3.05, 3.63) is 59.2 Å². The molecular weight excluding hydrogens is 352 g/mol. The molecule has 0 aliphatic carbocycles. The summed E-state index contributed by atoms with van der Waals surface area (Å²) in [7, 11) is 0. The number of aryl methyl sites for hydroxylation is 2. The summed E-state index contributed by atoms with van der Waals surface area (Å²) in [4.78, 5) is 15.8. The van der Waals surface area contributed by atoms with E-state index < -0.39 is 0 Å². The van der Waals surface area contributed by atoms with E-state index >= 15 is 0 Å². The zero-order valence-corrected chi connectivity index (χ0v) is 15.3. The summed E-state index contributed by atoms with van der Waals surface area (Å²) in [5.41, 5.74) is 16.1. The first kappa shape index (κ1) is 17.7. The van der Waals surface area contributed by atoms with Gasteiger partial charge in [0.2, 0.25) is 0 Å². The van der Waals surface area contributed by atoms with Gasteiger partial charge in [0.25, 0.3) is 0 Å². The molecule has 4 aromatic rings. The van der Waals surface area contributed by atoms with Crippen molar-refractivity contribution >= 4 is 33.7 Å². The Kier molecular flexibility index (Phi) is 4.52. The highest BCUT2D eigenvalue weighted by Crippen LogP contribution is 2.17. The van der Waals surface area contributed by atoms with Gasteiger partial charge in [-0.25, -0.2) is 9.97 Å². The molecule has 8 nitrogen and oxygen atoms in total. The Morgan fingerprint density at radius 1 is 0.750 bits per heavy atom. The molecule has 4 rings (SSSR count). The Balaban J connectivity index is 1.36. The van der Waals surface area contributed by atoms with E-state index in [0.29, 0.717) is 11.1 Å². The number of hydrogen-bond acceptors (Lipinski definition) is 4. The van der Waals surface area contributed by atoms with Gasteiger partial charge in [0, 0.05) is 24.0 Å². The number of fused-ring (bicyclic) bond motifs is 2. The smallest absolute Gasteiger partial charge is 0.122 e. The molecule has 8 heteroatoms. The lowest BCUT2D eigenvalue weighted by molar-refractivity contribution is 0.698. The van der Waals surface area contributed by atoms with E-state index in [4.69, 9.17) is 22.3 Å².